The Kier molecular flexibility index (Phi) is 3.89. The SMILES string of the molecule is CCc1cc(-c2nc(-c3cc4cc(F)ccc4oc3=O)cs2)ccn1. The molecule has 0 aliphatic rings. The highest BCUT2D eigenvalue weighted by Gasteiger charge is 2.13. The van der Waals surface area contributed by atoms with Crippen molar-refractivity contribution in [3.05, 3.63) is 69.9 Å². The molecule has 0 amide bonds. The first-order valence-electron chi connectivity index (χ1n) is 7.78. The third kappa shape index (κ3) is 2.96. The molecule has 4 aromatic rings. The second-order valence-electron chi connectivity index (χ2n) is 5.56. The monoisotopic (exact) mass is 352 g/mol. The van der Waals surface area contributed by atoms with E-state index < -0.39 is 5.63 Å². The molecule has 0 atom stereocenters. The van der Waals surface area contributed by atoms with Crippen molar-refractivity contribution in [1.82, 2.24) is 9.97 Å². The molecule has 0 N–H and O–H groups in total. The van der Waals surface area contributed by atoms with Gasteiger partial charge in [-0.2, -0.15) is 0 Å². The first-order valence-corrected chi connectivity index (χ1v) is 8.66. The van der Waals surface area contributed by atoms with Gasteiger partial charge in [0.25, 0.3) is 0 Å². The van der Waals surface area contributed by atoms with Crippen molar-refractivity contribution in [3.63, 3.8) is 0 Å². The summed E-state index contributed by atoms with van der Waals surface area (Å²) in [4.78, 5) is 21.1. The summed E-state index contributed by atoms with van der Waals surface area (Å²) in [5, 5.41) is 3.13. The lowest BCUT2D eigenvalue weighted by atomic mass is 10.1. The molecule has 6 heteroatoms. The number of fused-ring (bicyclic) bond motifs is 1. The standard InChI is InChI=1S/C19H13FN2O2S/c1-2-14-8-11(5-6-21-14)18-22-16(10-25-18)15-9-12-7-13(20)3-4-17(12)24-19(15)23/h3-10H,2H2,1H3. The molecule has 0 aliphatic heterocycles. The molecule has 0 unspecified atom stereocenters. The van der Waals surface area contributed by atoms with Crippen molar-refractivity contribution < 1.29 is 8.81 Å². The lowest BCUT2D eigenvalue weighted by Crippen LogP contribution is -2.03. The summed E-state index contributed by atoms with van der Waals surface area (Å²) in [6.07, 6.45) is 2.59. The van der Waals surface area contributed by atoms with E-state index in [1.165, 1.54) is 29.5 Å². The van der Waals surface area contributed by atoms with Crippen molar-refractivity contribution >= 4 is 22.3 Å². The van der Waals surface area contributed by atoms with Gasteiger partial charge in [0.05, 0.1) is 11.3 Å². The van der Waals surface area contributed by atoms with Crippen LogP contribution >= 0.6 is 11.3 Å². The lowest BCUT2D eigenvalue weighted by Gasteiger charge is -2.01. The van der Waals surface area contributed by atoms with Gasteiger partial charge >= 0.3 is 5.63 Å². The van der Waals surface area contributed by atoms with Crippen LogP contribution in [-0.2, 0) is 6.42 Å². The fourth-order valence-electron chi connectivity index (χ4n) is 2.61. The molecule has 4 nitrogen and oxygen atoms in total. The van der Waals surface area contributed by atoms with E-state index >= 15 is 0 Å². The van der Waals surface area contributed by atoms with Crippen molar-refractivity contribution in [1.29, 1.82) is 0 Å². The molecule has 0 saturated carbocycles. The van der Waals surface area contributed by atoms with Crippen molar-refractivity contribution in [3.8, 4) is 21.8 Å². The summed E-state index contributed by atoms with van der Waals surface area (Å²) in [5.41, 5.74) is 2.65. The van der Waals surface area contributed by atoms with Gasteiger partial charge in [-0.25, -0.2) is 14.2 Å². The van der Waals surface area contributed by atoms with E-state index in [-0.39, 0.29) is 5.82 Å². The topological polar surface area (TPSA) is 56.0 Å². The Morgan fingerprint density at radius 2 is 2.08 bits per heavy atom. The number of aryl methyl sites for hydroxylation is 1. The number of pyridine rings is 1. The van der Waals surface area contributed by atoms with Gasteiger partial charge in [0.1, 0.15) is 16.4 Å². The number of hydrogen-bond donors (Lipinski definition) is 0. The Balaban J connectivity index is 1.80. The largest absolute Gasteiger partial charge is 0.422 e. The van der Waals surface area contributed by atoms with Gasteiger partial charge in [-0.1, -0.05) is 6.92 Å². The highest BCUT2D eigenvalue weighted by molar-refractivity contribution is 7.13. The predicted octanol–water partition coefficient (Wildman–Crippen LogP) is 4.68. The van der Waals surface area contributed by atoms with E-state index in [4.69, 9.17) is 4.42 Å². The molecule has 124 valence electrons. The lowest BCUT2D eigenvalue weighted by molar-refractivity contribution is 0.560. The summed E-state index contributed by atoms with van der Waals surface area (Å²) in [6.45, 7) is 2.04. The van der Waals surface area contributed by atoms with Crippen LogP contribution in [0.3, 0.4) is 0 Å². The Labute approximate surface area is 146 Å². The summed E-state index contributed by atoms with van der Waals surface area (Å²) in [7, 11) is 0. The second kappa shape index (κ2) is 6.22. The minimum Gasteiger partial charge on any atom is -0.422 e. The maximum atomic E-state index is 13.4. The molecule has 4 rings (SSSR count). The van der Waals surface area contributed by atoms with E-state index in [1.54, 1.807) is 17.6 Å². The summed E-state index contributed by atoms with van der Waals surface area (Å²) >= 11 is 1.44. The number of thiazole rings is 1. The van der Waals surface area contributed by atoms with Crippen molar-refractivity contribution in [2.45, 2.75) is 13.3 Å². The molecule has 1 aromatic carbocycles. The number of benzene rings is 1. The summed E-state index contributed by atoms with van der Waals surface area (Å²) in [5.74, 6) is -0.379. The molecule has 0 saturated heterocycles. The van der Waals surface area contributed by atoms with Crippen molar-refractivity contribution in [2.75, 3.05) is 0 Å². The highest BCUT2D eigenvalue weighted by Crippen LogP contribution is 2.29. The van der Waals surface area contributed by atoms with Gasteiger partial charge in [0, 0.05) is 28.2 Å². The Hall–Kier alpha value is -2.86. The summed E-state index contributed by atoms with van der Waals surface area (Å²) < 4.78 is 18.7. The maximum Gasteiger partial charge on any atom is 0.345 e. The van der Waals surface area contributed by atoms with Crippen molar-refractivity contribution in [2.24, 2.45) is 0 Å². The zero-order valence-corrected chi connectivity index (χ0v) is 14.1. The average Bonchev–Trinajstić information content (AvgIpc) is 3.11. The summed E-state index contributed by atoms with van der Waals surface area (Å²) in [6, 6.07) is 9.55. The van der Waals surface area contributed by atoms with Crippen LogP contribution in [0.1, 0.15) is 12.6 Å². The fourth-order valence-corrected chi connectivity index (χ4v) is 3.42. The minimum atomic E-state index is -0.486. The molecule has 25 heavy (non-hydrogen) atoms. The molecule has 3 aromatic heterocycles. The van der Waals surface area contributed by atoms with E-state index in [1.807, 2.05) is 19.1 Å². The molecule has 0 bridgehead atoms. The fraction of sp³-hybridized carbons (Fsp3) is 0.105. The molecule has 0 radical (unpaired) electrons. The number of halogens is 1. The van der Waals surface area contributed by atoms with Gasteiger partial charge < -0.3 is 4.42 Å². The van der Waals surface area contributed by atoms with Crippen LogP contribution in [0.5, 0.6) is 0 Å². The average molecular weight is 352 g/mol. The van der Waals surface area contributed by atoms with Crippen LogP contribution in [0, 0.1) is 5.82 Å². The van der Waals surface area contributed by atoms with E-state index in [9.17, 15) is 9.18 Å². The van der Waals surface area contributed by atoms with Crippen LogP contribution < -0.4 is 5.63 Å². The van der Waals surface area contributed by atoms with Crippen LogP contribution in [0.25, 0.3) is 32.8 Å². The quantitative estimate of drug-likeness (QED) is 0.502. The zero-order valence-electron chi connectivity index (χ0n) is 13.3. The molecule has 0 spiro atoms. The number of rotatable bonds is 3. The van der Waals surface area contributed by atoms with E-state index in [0.717, 1.165) is 22.7 Å². The minimum absolute atomic E-state index is 0.324. The molecule has 3 heterocycles. The van der Waals surface area contributed by atoms with Crippen LogP contribution in [0.2, 0.25) is 0 Å². The Bertz CT molecular complexity index is 1130. The number of nitrogens with zero attached hydrogens (tertiary/aromatic N) is 2. The normalized spacial score (nSPS) is 11.1. The molecular formula is C19H13FN2O2S. The first kappa shape index (κ1) is 15.7. The third-order valence-corrected chi connectivity index (χ3v) is 4.79. The zero-order chi connectivity index (χ0) is 17.4. The molecule has 0 fully saturated rings. The van der Waals surface area contributed by atoms with Gasteiger partial charge in [0.15, 0.2) is 0 Å². The van der Waals surface area contributed by atoms with Crippen LogP contribution in [0.4, 0.5) is 4.39 Å². The Morgan fingerprint density at radius 1 is 1.20 bits per heavy atom. The second-order valence-corrected chi connectivity index (χ2v) is 6.42. The predicted molar refractivity (Wildman–Crippen MR) is 96.2 cm³/mol. The van der Waals surface area contributed by atoms with Gasteiger partial charge in [-0.15, -0.1) is 11.3 Å². The number of aromatic nitrogens is 2. The van der Waals surface area contributed by atoms with Gasteiger partial charge in [-0.05, 0) is 42.8 Å². The van der Waals surface area contributed by atoms with Crippen LogP contribution in [-0.4, -0.2) is 9.97 Å². The van der Waals surface area contributed by atoms with Crippen LogP contribution in [0.15, 0.2) is 57.2 Å². The number of hydrogen-bond acceptors (Lipinski definition) is 5. The molecular weight excluding hydrogens is 339 g/mol. The molecule has 0 aliphatic carbocycles. The smallest absolute Gasteiger partial charge is 0.345 e. The van der Waals surface area contributed by atoms with Gasteiger partial charge in [0.2, 0.25) is 0 Å². The van der Waals surface area contributed by atoms with E-state index in [2.05, 4.69) is 9.97 Å². The third-order valence-electron chi connectivity index (χ3n) is 3.90. The first-order chi connectivity index (χ1) is 12.1. The van der Waals surface area contributed by atoms with E-state index in [0.29, 0.717) is 22.2 Å². The highest BCUT2D eigenvalue weighted by atomic mass is 32.1. The van der Waals surface area contributed by atoms with Gasteiger partial charge in [-0.3, -0.25) is 4.98 Å². The Morgan fingerprint density at radius 3 is 2.92 bits per heavy atom. The maximum absolute atomic E-state index is 13.4.